The first-order valence-electron chi connectivity index (χ1n) is 14.6. The average Bonchev–Trinajstić information content (AvgIpc) is 3.56. The number of hydrogen-bond donors (Lipinski definition) is 2. The molecule has 0 aliphatic heterocycles. The minimum absolute atomic E-state index is 0.202. The third-order valence-electron chi connectivity index (χ3n) is 6.94. The molecule has 0 bridgehead atoms. The fourth-order valence-electron chi connectivity index (χ4n) is 4.52. The molecule has 0 saturated carbocycles. The molecule has 0 spiro atoms. The summed E-state index contributed by atoms with van der Waals surface area (Å²) in [5.74, 6) is 0.927. The largest absolute Gasteiger partial charge is 0.489 e. The first kappa shape index (κ1) is 30.5. The molecule has 1 aromatic heterocycles. The van der Waals surface area contributed by atoms with Crippen LogP contribution in [0.5, 0.6) is 11.5 Å². The summed E-state index contributed by atoms with van der Waals surface area (Å²) < 4.78 is 12.1. The molecule has 1 heterocycles. The first-order valence-corrected chi connectivity index (χ1v) is 15.5. The van der Waals surface area contributed by atoms with Crippen molar-refractivity contribution in [3.63, 3.8) is 0 Å². The Morgan fingerprint density at radius 3 is 2.11 bits per heavy atom. The highest BCUT2D eigenvalue weighted by atomic mass is 32.1. The van der Waals surface area contributed by atoms with Gasteiger partial charge in [-0.2, -0.15) is 0 Å². The maximum atomic E-state index is 13.2. The van der Waals surface area contributed by atoms with Crippen molar-refractivity contribution in [3.8, 4) is 22.1 Å². The standard InChI is InChI=1S/C36H35N3O4S/c1-25(2)17-18-28-21-29(42-22-26-11-5-3-6-12-26)19-20-30(28)34(40)38-39-35(41)32-24-44-36(37-32)31-15-9-10-16-33(31)43-23-27-13-7-4-8-14-27/h3-16,19-21,24-25H,17-18,22-23H2,1-2H3,(H,38,40)(H,39,41). The zero-order chi connectivity index (χ0) is 30.7. The number of thiazole rings is 1. The van der Waals surface area contributed by atoms with E-state index in [-0.39, 0.29) is 5.69 Å². The number of carbonyl (C=O) groups is 2. The third-order valence-corrected chi connectivity index (χ3v) is 7.82. The van der Waals surface area contributed by atoms with E-state index in [4.69, 9.17) is 9.47 Å². The van der Waals surface area contributed by atoms with E-state index in [0.29, 0.717) is 47.6 Å². The summed E-state index contributed by atoms with van der Waals surface area (Å²) in [6, 6.07) is 32.9. The molecule has 4 aromatic carbocycles. The molecule has 8 heteroatoms. The van der Waals surface area contributed by atoms with Gasteiger partial charge in [0, 0.05) is 10.9 Å². The van der Waals surface area contributed by atoms with Gasteiger partial charge in [-0.15, -0.1) is 11.3 Å². The van der Waals surface area contributed by atoms with Gasteiger partial charge in [0.25, 0.3) is 11.8 Å². The first-order chi connectivity index (χ1) is 21.5. The molecule has 0 saturated heterocycles. The molecule has 7 nitrogen and oxygen atoms in total. The topological polar surface area (TPSA) is 89.6 Å². The van der Waals surface area contributed by atoms with E-state index in [1.807, 2.05) is 91.0 Å². The fraction of sp³-hybridized carbons (Fsp3) is 0.194. The molecule has 0 fully saturated rings. The Bertz CT molecular complexity index is 1690. The summed E-state index contributed by atoms with van der Waals surface area (Å²) in [4.78, 5) is 30.7. The van der Waals surface area contributed by atoms with E-state index in [9.17, 15) is 9.59 Å². The molecule has 2 N–H and O–H groups in total. The van der Waals surface area contributed by atoms with Crippen molar-refractivity contribution in [1.82, 2.24) is 15.8 Å². The van der Waals surface area contributed by atoms with Gasteiger partial charge in [-0.25, -0.2) is 4.98 Å². The van der Waals surface area contributed by atoms with E-state index in [1.165, 1.54) is 11.3 Å². The summed E-state index contributed by atoms with van der Waals surface area (Å²) in [6.07, 6.45) is 1.62. The molecule has 44 heavy (non-hydrogen) atoms. The maximum absolute atomic E-state index is 13.2. The Kier molecular flexibility index (Phi) is 10.4. The zero-order valence-corrected chi connectivity index (χ0v) is 25.6. The third kappa shape index (κ3) is 8.33. The number of aromatic nitrogens is 1. The van der Waals surface area contributed by atoms with E-state index in [2.05, 4.69) is 29.7 Å². The van der Waals surface area contributed by atoms with Gasteiger partial charge < -0.3 is 9.47 Å². The van der Waals surface area contributed by atoms with Crippen LogP contribution in [0.1, 0.15) is 57.8 Å². The molecule has 5 rings (SSSR count). The number of nitrogens with one attached hydrogen (secondary N) is 2. The van der Waals surface area contributed by atoms with Crippen molar-refractivity contribution in [2.75, 3.05) is 0 Å². The van der Waals surface area contributed by atoms with Gasteiger partial charge in [0.15, 0.2) is 0 Å². The maximum Gasteiger partial charge on any atom is 0.289 e. The Morgan fingerprint density at radius 1 is 0.773 bits per heavy atom. The second-order valence-electron chi connectivity index (χ2n) is 10.7. The number of carbonyl (C=O) groups excluding carboxylic acids is 2. The van der Waals surface area contributed by atoms with Gasteiger partial charge >= 0.3 is 0 Å². The molecule has 0 radical (unpaired) electrons. The lowest BCUT2D eigenvalue weighted by Gasteiger charge is -2.14. The van der Waals surface area contributed by atoms with Crippen LogP contribution in [0.15, 0.2) is 109 Å². The number of amides is 2. The normalized spacial score (nSPS) is 10.8. The predicted octanol–water partition coefficient (Wildman–Crippen LogP) is 7.63. The van der Waals surface area contributed by atoms with Gasteiger partial charge in [-0.05, 0) is 65.8 Å². The minimum Gasteiger partial charge on any atom is -0.489 e. The van der Waals surface area contributed by atoms with Crippen LogP contribution in [0, 0.1) is 5.92 Å². The molecule has 2 amide bonds. The van der Waals surface area contributed by atoms with E-state index in [1.54, 1.807) is 17.5 Å². The van der Waals surface area contributed by atoms with Crippen molar-refractivity contribution in [1.29, 1.82) is 0 Å². The Morgan fingerprint density at radius 2 is 1.41 bits per heavy atom. The number of nitrogens with zero attached hydrogens (tertiary/aromatic N) is 1. The number of rotatable bonds is 12. The van der Waals surface area contributed by atoms with Crippen molar-refractivity contribution in [3.05, 3.63) is 136 Å². The minimum atomic E-state index is -0.505. The lowest BCUT2D eigenvalue weighted by Crippen LogP contribution is -2.42. The lowest BCUT2D eigenvalue weighted by atomic mass is 9.98. The quantitative estimate of drug-likeness (QED) is 0.143. The number of ether oxygens (including phenoxy) is 2. The van der Waals surface area contributed by atoms with Crippen LogP contribution in [-0.4, -0.2) is 16.8 Å². The van der Waals surface area contributed by atoms with Gasteiger partial charge in [0.1, 0.15) is 35.4 Å². The molecule has 0 unspecified atom stereocenters. The highest BCUT2D eigenvalue weighted by Gasteiger charge is 2.18. The fourth-order valence-corrected chi connectivity index (χ4v) is 5.35. The Labute approximate surface area is 261 Å². The second-order valence-corrected chi connectivity index (χ2v) is 11.6. The summed E-state index contributed by atoms with van der Waals surface area (Å²) in [6.45, 7) is 5.14. The predicted molar refractivity (Wildman–Crippen MR) is 174 cm³/mol. The zero-order valence-electron chi connectivity index (χ0n) is 24.8. The van der Waals surface area contributed by atoms with Crippen LogP contribution in [-0.2, 0) is 19.6 Å². The monoisotopic (exact) mass is 605 g/mol. The molecule has 0 aliphatic rings. The number of aryl methyl sites for hydroxylation is 1. The van der Waals surface area contributed by atoms with Gasteiger partial charge in [-0.3, -0.25) is 20.4 Å². The molecule has 224 valence electrons. The Balaban J connectivity index is 1.23. The van der Waals surface area contributed by atoms with Crippen molar-refractivity contribution >= 4 is 23.2 Å². The molecular formula is C36H35N3O4S. The lowest BCUT2D eigenvalue weighted by molar-refractivity contribution is 0.0843. The SMILES string of the molecule is CC(C)CCc1cc(OCc2ccccc2)ccc1C(=O)NNC(=O)c1csc(-c2ccccc2OCc2ccccc2)n1. The number of para-hydroxylation sites is 1. The smallest absolute Gasteiger partial charge is 0.289 e. The van der Waals surface area contributed by atoms with Crippen molar-refractivity contribution in [2.45, 2.75) is 39.9 Å². The van der Waals surface area contributed by atoms with Crippen LogP contribution >= 0.6 is 11.3 Å². The molecule has 0 atom stereocenters. The van der Waals surface area contributed by atoms with Crippen LogP contribution < -0.4 is 20.3 Å². The highest BCUT2D eigenvalue weighted by Crippen LogP contribution is 2.32. The number of hydrazine groups is 1. The summed E-state index contributed by atoms with van der Waals surface area (Å²) in [7, 11) is 0. The van der Waals surface area contributed by atoms with Crippen LogP contribution in [0.25, 0.3) is 10.6 Å². The van der Waals surface area contributed by atoms with Gasteiger partial charge in [0.2, 0.25) is 0 Å². The van der Waals surface area contributed by atoms with Crippen LogP contribution in [0.2, 0.25) is 0 Å². The van der Waals surface area contributed by atoms with E-state index in [0.717, 1.165) is 28.7 Å². The Hall–Kier alpha value is -4.95. The van der Waals surface area contributed by atoms with E-state index < -0.39 is 11.8 Å². The molecule has 5 aromatic rings. The van der Waals surface area contributed by atoms with Crippen LogP contribution in [0.3, 0.4) is 0 Å². The highest BCUT2D eigenvalue weighted by molar-refractivity contribution is 7.13. The van der Waals surface area contributed by atoms with Gasteiger partial charge in [0.05, 0.1) is 5.56 Å². The summed E-state index contributed by atoms with van der Waals surface area (Å²) in [5, 5.41) is 2.31. The second kappa shape index (κ2) is 15.0. The summed E-state index contributed by atoms with van der Waals surface area (Å²) in [5.41, 5.74) is 9.54. The van der Waals surface area contributed by atoms with E-state index >= 15 is 0 Å². The number of benzene rings is 4. The van der Waals surface area contributed by atoms with Crippen LogP contribution in [0.4, 0.5) is 0 Å². The average molecular weight is 606 g/mol. The number of hydrogen-bond acceptors (Lipinski definition) is 6. The van der Waals surface area contributed by atoms with Crippen molar-refractivity contribution in [2.24, 2.45) is 5.92 Å². The van der Waals surface area contributed by atoms with Gasteiger partial charge in [-0.1, -0.05) is 86.6 Å². The molecular weight excluding hydrogens is 570 g/mol. The molecule has 0 aliphatic carbocycles. The summed E-state index contributed by atoms with van der Waals surface area (Å²) >= 11 is 1.34. The van der Waals surface area contributed by atoms with Crippen molar-refractivity contribution < 1.29 is 19.1 Å².